The monoisotopic (exact) mass is 251 g/mol. The smallest absolute Gasteiger partial charge is 0.356 e. The van der Waals surface area contributed by atoms with E-state index in [1.54, 1.807) is 0 Å². The third-order valence-corrected chi connectivity index (χ3v) is 2.30. The molecule has 0 atom stereocenters. The maximum atomic E-state index is 11.7. The van der Waals surface area contributed by atoms with Gasteiger partial charge in [-0.1, -0.05) is 11.3 Å². The largest absolute Gasteiger partial charge is 0.476 e. The first-order valence-corrected chi connectivity index (χ1v) is 5.18. The lowest BCUT2D eigenvalue weighted by molar-refractivity contribution is 0.0685. The van der Waals surface area contributed by atoms with Gasteiger partial charge in [-0.2, -0.15) is 0 Å². The van der Waals surface area contributed by atoms with Crippen molar-refractivity contribution in [2.75, 3.05) is 5.32 Å². The molecule has 0 unspecified atom stereocenters. The Morgan fingerprint density at radius 3 is 2.53 bits per heavy atom. The van der Waals surface area contributed by atoms with Gasteiger partial charge in [0, 0.05) is 12.4 Å². The van der Waals surface area contributed by atoms with Crippen molar-refractivity contribution in [1.82, 2.24) is 20.2 Å². The maximum Gasteiger partial charge on any atom is 0.356 e. The number of carboxylic acids is 1. The lowest BCUT2D eigenvalue weighted by Crippen LogP contribution is -2.19. The summed E-state index contributed by atoms with van der Waals surface area (Å²) in [4.78, 5) is 29.8. The van der Waals surface area contributed by atoms with Crippen molar-refractivity contribution in [1.29, 1.82) is 0 Å². The molecular formula is C8H5N5O3S. The summed E-state index contributed by atoms with van der Waals surface area (Å²) in [5.74, 6) is -2.01. The van der Waals surface area contributed by atoms with Crippen molar-refractivity contribution < 1.29 is 14.7 Å². The molecule has 2 rings (SSSR count). The molecule has 0 aliphatic carbocycles. The van der Waals surface area contributed by atoms with Crippen LogP contribution in [0.3, 0.4) is 0 Å². The van der Waals surface area contributed by atoms with Crippen LogP contribution in [0.5, 0.6) is 0 Å². The molecule has 17 heavy (non-hydrogen) atoms. The van der Waals surface area contributed by atoms with Gasteiger partial charge in [-0.05, 0) is 0 Å². The van der Waals surface area contributed by atoms with Gasteiger partial charge in [0.15, 0.2) is 11.4 Å². The van der Waals surface area contributed by atoms with Crippen LogP contribution in [-0.2, 0) is 0 Å². The zero-order valence-electron chi connectivity index (χ0n) is 8.19. The quantitative estimate of drug-likeness (QED) is 0.804. The fourth-order valence-electron chi connectivity index (χ4n) is 1.04. The van der Waals surface area contributed by atoms with E-state index in [1.807, 2.05) is 0 Å². The Morgan fingerprint density at radius 2 is 1.94 bits per heavy atom. The fraction of sp³-hybridized carbons (Fsp3) is 0. The van der Waals surface area contributed by atoms with Crippen LogP contribution in [0.15, 0.2) is 17.9 Å². The van der Waals surface area contributed by atoms with Crippen LogP contribution >= 0.6 is 11.3 Å². The molecule has 0 aromatic carbocycles. The molecular weight excluding hydrogens is 246 g/mol. The molecule has 9 heteroatoms. The minimum Gasteiger partial charge on any atom is -0.476 e. The van der Waals surface area contributed by atoms with Gasteiger partial charge in [0.05, 0.1) is 0 Å². The number of aromatic nitrogens is 4. The Kier molecular flexibility index (Phi) is 3.01. The van der Waals surface area contributed by atoms with Crippen LogP contribution in [-0.4, -0.2) is 37.1 Å². The highest BCUT2D eigenvalue weighted by atomic mass is 32.1. The topological polar surface area (TPSA) is 118 Å². The summed E-state index contributed by atoms with van der Waals surface area (Å²) >= 11 is 1.11. The van der Waals surface area contributed by atoms with Gasteiger partial charge in [-0.3, -0.25) is 10.1 Å². The van der Waals surface area contributed by atoms with E-state index in [4.69, 9.17) is 5.11 Å². The van der Waals surface area contributed by atoms with E-state index in [1.165, 1.54) is 17.9 Å². The molecule has 0 aliphatic heterocycles. The molecule has 0 fully saturated rings. The third kappa shape index (κ3) is 2.39. The minimum absolute atomic E-state index is 0.261. The normalized spacial score (nSPS) is 9.88. The number of anilines is 1. The summed E-state index contributed by atoms with van der Waals surface area (Å²) in [6.07, 6.45) is 2.44. The second-order valence-corrected chi connectivity index (χ2v) is 3.59. The molecule has 86 valence electrons. The number of hydrogen-bond donors (Lipinski definition) is 2. The van der Waals surface area contributed by atoms with E-state index in [-0.39, 0.29) is 10.8 Å². The van der Waals surface area contributed by atoms with Crippen molar-refractivity contribution >= 4 is 28.3 Å². The zero-order chi connectivity index (χ0) is 12.3. The molecule has 0 spiro atoms. The van der Waals surface area contributed by atoms with E-state index in [0.717, 1.165) is 11.3 Å². The number of nitrogens with zero attached hydrogens (tertiary/aromatic N) is 4. The van der Waals surface area contributed by atoms with Crippen LogP contribution < -0.4 is 5.32 Å². The van der Waals surface area contributed by atoms with Crippen LogP contribution in [0.2, 0.25) is 0 Å². The standard InChI is InChI=1S/C8H5N5O3S/c14-6(12-8-13-11-3-17-8)4-5(7(15)16)10-2-1-9-4/h1-3H,(H,15,16)(H,12,13,14). The number of nitrogens with one attached hydrogen (secondary N) is 1. The average Bonchev–Trinajstić information content (AvgIpc) is 2.81. The molecule has 0 bridgehead atoms. The lowest BCUT2D eigenvalue weighted by atomic mass is 10.3. The van der Waals surface area contributed by atoms with Crippen molar-refractivity contribution in [3.8, 4) is 0 Å². The van der Waals surface area contributed by atoms with Crippen LogP contribution in [0.25, 0.3) is 0 Å². The first-order valence-electron chi connectivity index (χ1n) is 4.30. The Bertz CT molecular complexity index is 556. The van der Waals surface area contributed by atoms with E-state index in [2.05, 4.69) is 25.5 Å². The van der Waals surface area contributed by atoms with Gasteiger partial charge in [-0.25, -0.2) is 14.8 Å². The molecule has 0 saturated heterocycles. The van der Waals surface area contributed by atoms with Crippen LogP contribution in [0, 0.1) is 0 Å². The fourth-order valence-corrected chi connectivity index (χ4v) is 1.48. The summed E-state index contributed by atoms with van der Waals surface area (Å²) < 4.78 is 0. The molecule has 0 saturated carbocycles. The summed E-state index contributed by atoms with van der Waals surface area (Å²) in [7, 11) is 0. The highest BCUT2D eigenvalue weighted by molar-refractivity contribution is 7.13. The third-order valence-electron chi connectivity index (χ3n) is 1.70. The molecule has 2 aromatic heterocycles. The number of carbonyl (C=O) groups is 2. The number of rotatable bonds is 3. The minimum atomic E-state index is -1.32. The molecule has 1 amide bonds. The zero-order valence-corrected chi connectivity index (χ0v) is 9.01. The Morgan fingerprint density at radius 1 is 1.24 bits per heavy atom. The highest BCUT2D eigenvalue weighted by Gasteiger charge is 2.19. The Balaban J connectivity index is 2.28. The van der Waals surface area contributed by atoms with Gasteiger partial charge in [-0.15, -0.1) is 10.2 Å². The van der Waals surface area contributed by atoms with Crippen molar-refractivity contribution in [3.63, 3.8) is 0 Å². The van der Waals surface area contributed by atoms with E-state index < -0.39 is 17.6 Å². The molecule has 0 radical (unpaired) electrons. The van der Waals surface area contributed by atoms with E-state index in [0.29, 0.717) is 0 Å². The molecule has 2 aromatic rings. The lowest BCUT2D eigenvalue weighted by Gasteiger charge is -2.02. The first kappa shape index (κ1) is 11.1. The SMILES string of the molecule is O=C(O)c1nccnc1C(=O)Nc1nncs1. The predicted molar refractivity (Wildman–Crippen MR) is 56.9 cm³/mol. The summed E-state index contributed by atoms with van der Waals surface area (Å²) in [5, 5.41) is 18.6. The first-order chi connectivity index (χ1) is 8.18. The molecule has 0 aliphatic rings. The summed E-state index contributed by atoms with van der Waals surface area (Å²) in [5.41, 5.74) is 0.759. The number of carboxylic acid groups (broad SMARTS) is 1. The number of aromatic carboxylic acids is 1. The maximum absolute atomic E-state index is 11.7. The van der Waals surface area contributed by atoms with Gasteiger partial charge >= 0.3 is 5.97 Å². The molecule has 2 N–H and O–H groups in total. The van der Waals surface area contributed by atoms with Crippen LogP contribution in [0.4, 0.5) is 5.13 Å². The van der Waals surface area contributed by atoms with Crippen LogP contribution in [0.1, 0.15) is 21.0 Å². The number of hydrogen-bond acceptors (Lipinski definition) is 7. The molecule has 2 heterocycles. The van der Waals surface area contributed by atoms with Crippen molar-refractivity contribution in [2.45, 2.75) is 0 Å². The van der Waals surface area contributed by atoms with Crippen molar-refractivity contribution in [3.05, 3.63) is 29.3 Å². The Hall–Kier alpha value is -2.42. The summed E-state index contributed by atoms with van der Waals surface area (Å²) in [6.45, 7) is 0. The van der Waals surface area contributed by atoms with Gasteiger partial charge < -0.3 is 5.11 Å². The van der Waals surface area contributed by atoms with Gasteiger partial charge in [0.2, 0.25) is 5.13 Å². The molecule has 8 nitrogen and oxygen atoms in total. The van der Waals surface area contributed by atoms with Crippen molar-refractivity contribution in [2.24, 2.45) is 0 Å². The average molecular weight is 251 g/mol. The number of amides is 1. The second-order valence-electron chi connectivity index (χ2n) is 2.76. The van der Waals surface area contributed by atoms with E-state index in [9.17, 15) is 9.59 Å². The van der Waals surface area contributed by atoms with Gasteiger partial charge in [0.25, 0.3) is 5.91 Å². The predicted octanol–water partition coefficient (Wildman–Crippen LogP) is 0.279. The Labute approximate surface area is 98.4 Å². The number of carbonyl (C=O) groups excluding carboxylic acids is 1. The van der Waals surface area contributed by atoms with E-state index >= 15 is 0 Å². The second kappa shape index (κ2) is 4.61. The summed E-state index contributed by atoms with van der Waals surface area (Å²) in [6, 6.07) is 0. The van der Waals surface area contributed by atoms with Gasteiger partial charge in [0.1, 0.15) is 5.51 Å². The highest BCUT2D eigenvalue weighted by Crippen LogP contribution is 2.10.